The van der Waals surface area contributed by atoms with E-state index in [-0.39, 0.29) is 11.8 Å². The van der Waals surface area contributed by atoms with Gasteiger partial charge in [0.15, 0.2) is 5.78 Å². The molecule has 0 fully saturated rings. The van der Waals surface area contributed by atoms with E-state index in [0.717, 1.165) is 12.2 Å². The fraction of sp³-hybridized carbons (Fsp3) is 0.300. The van der Waals surface area contributed by atoms with Gasteiger partial charge in [0, 0.05) is 30.4 Å². The summed E-state index contributed by atoms with van der Waals surface area (Å²) in [5.41, 5.74) is 3.16. The molecule has 0 heterocycles. The van der Waals surface area contributed by atoms with Gasteiger partial charge in [-0.05, 0) is 44.7 Å². The Morgan fingerprint density at radius 2 is 1.96 bits per heavy atom. The van der Waals surface area contributed by atoms with E-state index in [1.807, 2.05) is 18.2 Å². The molecule has 0 bridgehead atoms. The van der Waals surface area contributed by atoms with Crippen LogP contribution in [0, 0.1) is 11.3 Å². The first-order chi connectivity index (χ1) is 11.5. The molecule has 0 radical (unpaired) electrons. The lowest BCUT2D eigenvalue weighted by Gasteiger charge is -2.26. The smallest absolute Gasteiger partial charge is 0.161 e. The Morgan fingerprint density at radius 1 is 1.25 bits per heavy atom. The van der Waals surface area contributed by atoms with Crippen molar-refractivity contribution >= 4 is 11.5 Å². The van der Waals surface area contributed by atoms with Crippen molar-refractivity contribution in [3.63, 3.8) is 0 Å². The minimum absolute atomic E-state index is 0.00715. The second-order valence-electron chi connectivity index (χ2n) is 6.06. The number of Topliss-reactive ketones (excluding diaryl/α,β-unsaturated/α-hetero) is 1. The summed E-state index contributed by atoms with van der Waals surface area (Å²) in [7, 11) is 2.08. The summed E-state index contributed by atoms with van der Waals surface area (Å²) in [5, 5.41) is 12.4. The number of rotatable bonds is 7. The van der Waals surface area contributed by atoms with Gasteiger partial charge in [0.2, 0.25) is 0 Å². The number of likely N-dealkylation sites (N-methyl/N-ethyl adjacent to an activating group) is 1. The summed E-state index contributed by atoms with van der Waals surface area (Å²) < 4.78 is 0. The van der Waals surface area contributed by atoms with Crippen LogP contribution < -0.4 is 5.32 Å². The number of benzene rings is 2. The van der Waals surface area contributed by atoms with Gasteiger partial charge in [-0.25, -0.2) is 0 Å². The predicted octanol–water partition coefficient (Wildman–Crippen LogP) is 3.69. The van der Waals surface area contributed by atoms with Crippen LogP contribution >= 0.6 is 0 Å². The van der Waals surface area contributed by atoms with Gasteiger partial charge < -0.3 is 5.32 Å². The molecule has 24 heavy (non-hydrogen) atoms. The Morgan fingerprint density at radius 3 is 2.58 bits per heavy atom. The van der Waals surface area contributed by atoms with Gasteiger partial charge in [-0.3, -0.25) is 9.69 Å². The Kier molecular flexibility index (Phi) is 6.11. The molecule has 4 heteroatoms. The highest BCUT2D eigenvalue weighted by Gasteiger charge is 2.12. The molecule has 0 aliphatic heterocycles. The maximum Gasteiger partial charge on any atom is 0.161 e. The fourth-order valence-corrected chi connectivity index (χ4v) is 2.51. The van der Waals surface area contributed by atoms with Crippen molar-refractivity contribution in [2.24, 2.45) is 0 Å². The van der Waals surface area contributed by atoms with Crippen LogP contribution in [0.1, 0.15) is 35.3 Å². The standard InChI is InChI=1S/C20H23N3O/c1-15(23(3)14-17-7-5-4-6-8-17)13-22-20-11-18(12-21)9-10-19(20)16(2)24/h4-11,15,22H,13-14H2,1-3H3. The minimum atomic E-state index is -0.00715. The van der Waals surface area contributed by atoms with Crippen molar-refractivity contribution < 1.29 is 4.79 Å². The molecule has 0 saturated carbocycles. The molecule has 1 unspecified atom stereocenters. The zero-order chi connectivity index (χ0) is 17.5. The maximum atomic E-state index is 11.8. The van der Waals surface area contributed by atoms with Gasteiger partial charge >= 0.3 is 0 Å². The lowest BCUT2D eigenvalue weighted by Crippen LogP contribution is -2.34. The van der Waals surface area contributed by atoms with E-state index in [1.54, 1.807) is 18.2 Å². The number of nitrogens with one attached hydrogen (secondary N) is 1. The van der Waals surface area contributed by atoms with Crippen molar-refractivity contribution in [2.75, 3.05) is 18.9 Å². The van der Waals surface area contributed by atoms with Crippen LogP contribution in [-0.4, -0.2) is 30.3 Å². The van der Waals surface area contributed by atoms with Gasteiger partial charge in [-0.15, -0.1) is 0 Å². The van der Waals surface area contributed by atoms with Crippen LogP contribution in [0.4, 0.5) is 5.69 Å². The van der Waals surface area contributed by atoms with Crippen molar-refractivity contribution in [3.05, 3.63) is 65.2 Å². The molecule has 124 valence electrons. The molecular weight excluding hydrogens is 298 g/mol. The molecule has 0 spiro atoms. The van der Waals surface area contributed by atoms with Gasteiger partial charge in [0.1, 0.15) is 0 Å². The van der Waals surface area contributed by atoms with Crippen molar-refractivity contribution in [3.8, 4) is 6.07 Å². The topological polar surface area (TPSA) is 56.1 Å². The Bertz CT molecular complexity index is 734. The fourth-order valence-electron chi connectivity index (χ4n) is 2.51. The number of nitrogens with zero attached hydrogens (tertiary/aromatic N) is 2. The molecule has 1 N–H and O–H groups in total. The third-order valence-electron chi connectivity index (χ3n) is 4.14. The molecule has 0 aliphatic rings. The van der Waals surface area contributed by atoms with E-state index < -0.39 is 0 Å². The largest absolute Gasteiger partial charge is 0.383 e. The lowest BCUT2D eigenvalue weighted by atomic mass is 10.1. The van der Waals surface area contributed by atoms with E-state index in [9.17, 15) is 4.79 Å². The highest BCUT2D eigenvalue weighted by atomic mass is 16.1. The van der Waals surface area contributed by atoms with Crippen molar-refractivity contribution in [2.45, 2.75) is 26.4 Å². The maximum absolute atomic E-state index is 11.8. The second kappa shape index (κ2) is 8.28. The number of anilines is 1. The molecule has 2 rings (SSSR count). The van der Waals surface area contributed by atoms with Gasteiger partial charge in [0.05, 0.1) is 11.6 Å². The predicted molar refractivity (Wildman–Crippen MR) is 97.0 cm³/mol. The molecule has 2 aromatic carbocycles. The number of carbonyl (C=O) groups is 1. The number of hydrogen-bond acceptors (Lipinski definition) is 4. The normalized spacial score (nSPS) is 11.8. The van der Waals surface area contributed by atoms with Crippen LogP contribution in [0.15, 0.2) is 48.5 Å². The van der Waals surface area contributed by atoms with E-state index in [0.29, 0.717) is 17.7 Å². The summed E-state index contributed by atoms with van der Waals surface area (Å²) in [5.74, 6) is -0.00715. The third-order valence-corrected chi connectivity index (χ3v) is 4.14. The Labute approximate surface area is 143 Å². The van der Waals surface area contributed by atoms with E-state index >= 15 is 0 Å². The minimum Gasteiger partial charge on any atom is -0.383 e. The number of ketones is 1. The van der Waals surface area contributed by atoms with E-state index in [2.05, 4.69) is 42.4 Å². The van der Waals surface area contributed by atoms with Crippen LogP contribution in [0.5, 0.6) is 0 Å². The highest BCUT2D eigenvalue weighted by molar-refractivity contribution is 5.99. The summed E-state index contributed by atoms with van der Waals surface area (Å²) in [6.45, 7) is 5.23. The Balaban J connectivity index is 2.02. The Hall–Kier alpha value is -2.64. The quantitative estimate of drug-likeness (QED) is 0.790. The van der Waals surface area contributed by atoms with Gasteiger partial charge in [-0.2, -0.15) is 5.26 Å². The van der Waals surface area contributed by atoms with Crippen molar-refractivity contribution in [1.29, 1.82) is 5.26 Å². The van der Waals surface area contributed by atoms with Gasteiger partial charge in [0.25, 0.3) is 0 Å². The zero-order valence-corrected chi connectivity index (χ0v) is 14.4. The lowest BCUT2D eigenvalue weighted by molar-refractivity contribution is 0.101. The first-order valence-corrected chi connectivity index (χ1v) is 8.04. The average molecular weight is 321 g/mol. The second-order valence-corrected chi connectivity index (χ2v) is 6.06. The van der Waals surface area contributed by atoms with Crippen LogP contribution in [-0.2, 0) is 6.54 Å². The van der Waals surface area contributed by atoms with E-state index in [1.165, 1.54) is 12.5 Å². The summed E-state index contributed by atoms with van der Waals surface area (Å²) in [6.07, 6.45) is 0. The summed E-state index contributed by atoms with van der Waals surface area (Å²) in [4.78, 5) is 14.0. The molecule has 0 saturated heterocycles. The number of carbonyl (C=O) groups excluding carboxylic acids is 1. The van der Waals surface area contributed by atoms with E-state index in [4.69, 9.17) is 5.26 Å². The molecule has 4 nitrogen and oxygen atoms in total. The SMILES string of the molecule is CC(=O)c1ccc(C#N)cc1NCC(C)N(C)Cc1ccccc1. The molecule has 2 aromatic rings. The van der Waals surface area contributed by atoms with Crippen LogP contribution in [0.25, 0.3) is 0 Å². The highest BCUT2D eigenvalue weighted by Crippen LogP contribution is 2.19. The zero-order valence-electron chi connectivity index (χ0n) is 14.4. The summed E-state index contributed by atoms with van der Waals surface area (Å²) >= 11 is 0. The van der Waals surface area contributed by atoms with Gasteiger partial charge in [-0.1, -0.05) is 30.3 Å². The molecule has 0 aliphatic carbocycles. The monoisotopic (exact) mass is 321 g/mol. The third kappa shape index (κ3) is 4.68. The van der Waals surface area contributed by atoms with Crippen LogP contribution in [0.3, 0.4) is 0 Å². The molecule has 0 aromatic heterocycles. The number of hydrogen-bond donors (Lipinski definition) is 1. The average Bonchev–Trinajstić information content (AvgIpc) is 2.59. The van der Waals surface area contributed by atoms with Crippen LogP contribution in [0.2, 0.25) is 0 Å². The molecular formula is C20H23N3O. The molecule has 1 atom stereocenters. The number of nitriles is 1. The first kappa shape index (κ1) is 17.7. The first-order valence-electron chi connectivity index (χ1n) is 8.04. The summed E-state index contributed by atoms with van der Waals surface area (Å²) in [6, 6.07) is 17.8. The van der Waals surface area contributed by atoms with Crippen molar-refractivity contribution in [1.82, 2.24) is 4.90 Å². The molecule has 0 amide bonds.